The van der Waals surface area contributed by atoms with Gasteiger partial charge in [-0.05, 0) is 26.0 Å². The van der Waals surface area contributed by atoms with Crippen molar-refractivity contribution in [3.63, 3.8) is 0 Å². The van der Waals surface area contributed by atoms with Gasteiger partial charge in [-0.25, -0.2) is 9.37 Å². The summed E-state index contributed by atoms with van der Waals surface area (Å²) >= 11 is 1.68. The van der Waals surface area contributed by atoms with E-state index in [1.54, 1.807) is 17.4 Å². The van der Waals surface area contributed by atoms with Crippen LogP contribution in [0.4, 0.5) is 4.39 Å². The maximum Gasteiger partial charge on any atom is 0.141 e. The van der Waals surface area contributed by atoms with Crippen molar-refractivity contribution in [2.24, 2.45) is 0 Å². The van der Waals surface area contributed by atoms with Crippen molar-refractivity contribution in [2.45, 2.75) is 26.3 Å². The molecule has 0 saturated heterocycles. The number of pyridine rings is 1. The lowest BCUT2D eigenvalue weighted by Gasteiger charge is -2.12. The van der Waals surface area contributed by atoms with Crippen LogP contribution in [0.2, 0.25) is 0 Å². The second-order valence-corrected chi connectivity index (χ2v) is 5.15. The number of hydrogen-bond donors (Lipinski definition) is 1. The predicted molar refractivity (Wildman–Crippen MR) is 71.2 cm³/mol. The second-order valence-electron chi connectivity index (χ2n) is 4.21. The average molecular weight is 265 g/mol. The first kappa shape index (κ1) is 13.1. The zero-order valence-corrected chi connectivity index (χ0v) is 11.3. The third-order valence-corrected chi connectivity index (χ3v) is 3.68. The molecule has 2 aromatic rings. The van der Waals surface area contributed by atoms with E-state index in [2.05, 4.69) is 20.7 Å². The molecular formula is C13H16FN3S. The highest BCUT2D eigenvalue weighted by molar-refractivity contribution is 7.09. The maximum absolute atomic E-state index is 12.7. The minimum Gasteiger partial charge on any atom is -0.308 e. The summed E-state index contributed by atoms with van der Waals surface area (Å²) < 4.78 is 12.7. The van der Waals surface area contributed by atoms with Crippen molar-refractivity contribution in [1.82, 2.24) is 15.3 Å². The van der Waals surface area contributed by atoms with Crippen molar-refractivity contribution in [1.29, 1.82) is 0 Å². The van der Waals surface area contributed by atoms with E-state index in [-0.39, 0.29) is 11.9 Å². The second kappa shape index (κ2) is 6.02. The zero-order valence-electron chi connectivity index (χ0n) is 10.5. The van der Waals surface area contributed by atoms with Crippen molar-refractivity contribution < 1.29 is 4.39 Å². The van der Waals surface area contributed by atoms with E-state index >= 15 is 0 Å². The van der Waals surface area contributed by atoms with Gasteiger partial charge in [0.2, 0.25) is 0 Å². The molecule has 0 aliphatic heterocycles. The van der Waals surface area contributed by atoms with Crippen molar-refractivity contribution in [2.75, 3.05) is 6.54 Å². The summed E-state index contributed by atoms with van der Waals surface area (Å²) in [5, 5.41) is 6.55. The Kier molecular flexibility index (Phi) is 4.38. The van der Waals surface area contributed by atoms with Crippen LogP contribution in [0.3, 0.4) is 0 Å². The number of thiazole rings is 1. The molecule has 0 spiro atoms. The van der Waals surface area contributed by atoms with E-state index in [0.29, 0.717) is 0 Å². The zero-order chi connectivity index (χ0) is 13.0. The molecule has 0 aliphatic rings. The topological polar surface area (TPSA) is 37.8 Å². The van der Waals surface area contributed by atoms with Crippen LogP contribution >= 0.6 is 11.3 Å². The standard InChI is InChI=1S/C13H16FN3S/c1-9-8-18-13(17-9)5-6-15-10(2)12-4-3-11(14)7-16-12/h3-4,7-8,10,15H,5-6H2,1-2H3. The van der Waals surface area contributed by atoms with E-state index in [4.69, 9.17) is 0 Å². The molecule has 96 valence electrons. The molecule has 1 atom stereocenters. The Bertz CT molecular complexity index is 495. The fourth-order valence-corrected chi connectivity index (χ4v) is 2.44. The smallest absolute Gasteiger partial charge is 0.141 e. The normalized spacial score (nSPS) is 12.6. The highest BCUT2D eigenvalue weighted by Gasteiger charge is 2.06. The molecule has 0 bridgehead atoms. The van der Waals surface area contributed by atoms with Gasteiger partial charge in [0.05, 0.1) is 16.9 Å². The molecule has 0 radical (unpaired) electrons. The Labute approximate surface area is 110 Å². The van der Waals surface area contributed by atoms with Crippen molar-refractivity contribution in [3.05, 3.63) is 45.9 Å². The van der Waals surface area contributed by atoms with E-state index in [9.17, 15) is 4.39 Å². The summed E-state index contributed by atoms with van der Waals surface area (Å²) in [4.78, 5) is 8.46. The van der Waals surface area contributed by atoms with Crippen LogP contribution in [0.25, 0.3) is 0 Å². The van der Waals surface area contributed by atoms with Gasteiger partial charge in [0, 0.05) is 30.1 Å². The highest BCUT2D eigenvalue weighted by Crippen LogP contribution is 2.11. The Morgan fingerprint density at radius 1 is 1.44 bits per heavy atom. The van der Waals surface area contributed by atoms with Crippen LogP contribution in [0.5, 0.6) is 0 Å². The van der Waals surface area contributed by atoms with Gasteiger partial charge >= 0.3 is 0 Å². The number of nitrogens with one attached hydrogen (secondary N) is 1. The fraction of sp³-hybridized carbons (Fsp3) is 0.385. The number of aryl methyl sites for hydroxylation is 1. The lowest BCUT2D eigenvalue weighted by molar-refractivity contribution is 0.556. The molecule has 5 heteroatoms. The molecule has 1 unspecified atom stereocenters. The lowest BCUT2D eigenvalue weighted by Crippen LogP contribution is -2.22. The van der Waals surface area contributed by atoms with E-state index in [0.717, 1.165) is 29.4 Å². The van der Waals surface area contributed by atoms with Crippen LogP contribution in [0.1, 0.15) is 29.4 Å². The van der Waals surface area contributed by atoms with Gasteiger partial charge in [-0.2, -0.15) is 0 Å². The molecule has 2 aromatic heterocycles. The van der Waals surface area contributed by atoms with Gasteiger partial charge < -0.3 is 5.32 Å². The van der Waals surface area contributed by atoms with Crippen LogP contribution in [0.15, 0.2) is 23.7 Å². The van der Waals surface area contributed by atoms with Crippen molar-refractivity contribution >= 4 is 11.3 Å². The molecular weight excluding hydrogens is 249 g/mol. The monoisotopic (exact) mass is 265 g/mol. The summed E-state index contributed by atoms with van der Waals surface area (Å²) in [5.74, 6) is -0.302. The van der Waals surface area contributed by atoms with Gasteiger partial charge in [-0.1, -0.05) is 0 Å². The number of halogens is 1. The van der Waals surface area contributed by atoms with E-state index in [1.165, 1.54) is 12.3 Å². The third kappa shape index (κ3) is 3.58. The lowest BCUT2D eigenvalue weighted by atomic mass is 10.2. The molecule has 0 aliphatic carbocycles. The maximum atomic E-state index is 12.7. The molecule has 2 heterocycles. The predicted octanol–water partition coefficient (Wildman–Crippen LogP) is 2.88. The summed E-state index contributed by atoms with van der Waals surface area (Å²) in [6.07, 6.45) is 2.15. The minimum absolute atomic E-state index is 0.117. The minimum atomic E-state index is -0.302. The number of aromatic nitrogens is 2. The number of hydrogen-bond acceptors (Lipinski definition) is 4. The number of nitrogens with zero attached hydrogens (tertiary/aromatic N) is 2. The van der Waals surface area contributed by atoms with Gasteiger partial charge in [0.25, 0.3) is 0 Å². The Hall–Kier alpha value is -1.33. The van der Waals surface area contributed by atoms with Gasteiger partial charge in [0.15, 0.2) is 0 Å². The van der Waals surface area contributed by atoms with Crippen LogP contribution in [0, 0.1) is 12.7 Å². The first-order valence-electron chi connectivity index (χ1n) is 5.91. The van der Waals surface area contributed by atoms with E-state index < -0.39 is 0 Å². The number of rotatable bonds is 5. The van der Waals surface area contributed by atoms with Gasteiger partial charge in [0.1, 0.15) is 5.82 Å². The third-order valence-electron chi connectivity index (χ3n) is 2.65. The molecule has 1 N–H and O–H groups in total. The molecule has 2 rings (SSSR count). The highest BCUT2D eigenvalue weighted by atomic mass is 32.1. The summed E-state index contributed by atoms with van der Waals surface area (Å²) in [6.45, 7) is 4.86. The molecule has 0 fully saturated rings. The molecule has 3 nitrogen and oxygen atoms in total. The Balaban J connectivity index is 1.81. The molecule has 18 heavy (non-hydrogen) atoms. The first-order chi connectivity index (χ1) is 8.65. The van der Waals surface area contributed by atoms with Gasteiger partial charge in [-0.3, -0.25) is 4.98 Å². The Morgan fingerprint density at radius 3 is 2.89 bits per heavy atom. The Morgan fingerprint density at radius 2 is 2.28 bits per heavy atom. The first-order valence-corrected chi connectivity index (χ1v) is 6.79. The van der Waals surface area contributed by atoms with Crippen LogP contribution in [-0.4, -0.2) is 16.5 Å². The molecule has 0 amide bonds. The van der Waals surface area contributed by atoms with E-state index in [1.807, 2.05) is 13.8 Å². The molecule has 0 aromatic carbocycles. The van der Waals surface area contributed by atoms with Crippen LogP contribution < -0.4 is 5.32 Å². The summed E-state index contributed by atoms with van der Waals surface area (Å²) in [6, 6.07) is 3.26. The fourth-order valence-electron chi connectivity index (χ4n) is 1.66. The van der Waals surface area contributed by atoms with Crippen LogP contribution in [-0.2, 0) is 6.42 Å². The largest absolute Gasteiger partial charge is 0.308 e. The van der Waals surface area contributed by atoms with Crippen molar-refractivity contribution in [3.8, 4) is 0 Å². The van der Waals surface area contributed by atoms with Gasteiger partial charge in [-0.15, -0.1) is 11.3 Å². The molecule has 0 saturated carbocycles. The average Bonchev–Trinajstić information content (AvgIpc) is 2.76. The SMILES string of the molecule is Cc1csc(CCNC(C)c2ccc(F)cn2)n1. The quantitative estimate of drug-likeness (QED) is 0.903. The summed E-state index contributed by atoms with van der Waals surface area (Å²) in [7, 11) is 0. The summed E-state index contributed by atoms with van der Waals surface area (Å²) in [5.41, 5.74) is 1.93.